The highest BCUT2D eigenvalue weighted by Crippen LogP contribution is 2.27. The normalized spacial score (nSPS) is 10.4. The molecule has 0 radical (unpaired) electrons. The maximum absolute atomic E-state index is 6.07. The van der Waals surface area contributed by atoms with Gasteiger partial charge in [0.25, 0.3) is 0 Å². The van der Waals surface area contributed by atoms with E-state index in [0.717, 1.165) is 11.3 Å². The molecule has 0 atom stereocenters. The fourth-order valence-corrected chi connectivity index (χ4v) is 1.88. The van der Waals surface area contributed by atoms with Crippen LogP contribution in [0.4, 0.5) is 5.82 Å². The van der Waals surface area contributed by atoms with Crippen molar-refractivity contribution < 1.29 is 4.74 Å². The second-order valence-electron chi connectivity index (χ2n) is 3.84. The Labute approximate surface area is 115 Å². The minimum atomic E-state index is 0.300. The largest absolute Gasteiger partial charge is 0.485 e. The molecular formula is C13H12Cl2N2O. The lowest BCUT2D eigenvalue weighted by Gasteiger charge is -2.10. The van der Waals surface area contributed by atoms with E-state index < -0.39 is 0 Å². The first kappa shape index (κ1) is 13.0. The lowest BCUT2D eigenvalue weighted by Crippen LogP contribution is -2.01. The zero-order valence-corrected chi connectivity index (χ0v) is 11.3. The molecule has 0 amide bonds. The standard InChI is InChI=1S/C13H12Cl2N2O/c1-8-5-6-11(13(16)17-8)18-7-9-3-2-4-10(14)12(9)15/h2-6H,7H2,1H3,(H2,16,17). The fourth-order valence-electron chi connectivity index (χ4n) is 1.50. The summed E-state index contributed by atoms with van der Waals surface area (Å²) < 4.78 is 5.58. The highest BCUT2D eigenvalue weighted by molar-refractivity contribution is 6.42. The van der Waals surface area contributed by atoms with Crippen molar-refractivity contribution in [3.8, 4) is 5.75 Å². The first-order valence-electron chi connectivity index (χ1n) is 5.36. The van der Waals surface area contributed by atoms with Crippen LogP contribution < -0.4 is 10.5 Å². The third kappa shape index (κ3) is 2.86. The van der Waals surface area contributed by atoms with Crippen LogP contribution in [0.25, 0.3) is 0 Å². The summed E-state index contributed by atoms with van der Waals surface area (Å²) in [5, 5.41) is 1.01. The van der Waals surface area contributed by atoms with Gasteiger partial charge in [-0.3, -0.25) is 0 Å². The maximum Gasteiger partial charge on any atom is 0.166 e. The van der Waals surface area contributed by atoms with Crippen molar-refractivity contribution in [3.63, 3.8) is 0 Å². The third-order valence-corrected chi connectivity index (χ3v) is 3.30. The van der Waals surface area contributed by atoms with Gasteiger partial charge in [-0.05, 0) is 25.1 Å². The molecule has 0 saturated carbocycles. The van der Waals surface area contributed by atoms with Gasteiger partial charge in [-0.15, -0.1) is 0 Å². The zero-order valence-electron chi connectivity index (χ0n) is 9.78. The van der Waals surface area contributed by atoms with Crippen LogP contribution in [0.5, 0.6) is 5.75 Å². The van der Waals surface area contributed by atoms with E-state index in [1.807, 2.05) is 25.1 Å². The smallest absolute Gasteiger partial charge is 0.166 e. The predicted molar refractivity (Wildman–Crippen MR) is 74.2 cm³/mol. The van der Waals surface area contributed by atoms with Gasteiger partial charge in [-0.1, -0.05) is 35.3 Å². The van der Waals surface area contributed by atoms with Gasteiger partial charge in [0.1, 0.15) is 6.61 Å². The molecule has 18 heavy (non-hydrogen) atoms. The van der Waals surface area contributed by atoms with Crippen LogP contribution in [0.15, 0.2) is 30.3 Å². The average molecular weight is 283 g/mol. The summed E-state index contributed by atoms with van der Waals surface area (Å²) in [6.07, 6.45) is 0. The molecule has 2 rings (SSSR count). The van der Waals surface area contributed by atoms with Crippen LogP contribution in [0, 0.1) is 6.92 Å². The number of nitrogens with zero attached hydrogens (tertiary/aromatic N) is 1. The summed E-state index contributed by atoms with van der Waals surface area (Å²) >= 11 is 12.0. The van der Waals surface area contributed by atoms with Crippen molar-refractivity contribution in [2.24, 2.45) is 0 Å². The van der Waals surface area contributed by atoms with Crippen LogP contribution in [0.3, 0.4) is 0 Å². The van der Waals surface area contributed by atoms with E-state index >= 15 is 0 Å². The Morgan fingerprint density at radius 3 is 2.72 bits per heavy atom. The van der Waals surface area contributed by atoms with Gasteiger partial charge < -0.3 is 10.5 Å². The van der Waals surface area contributed by atoms with E-state index in [9.17, 15) is 0 Å². The molecule has 1 heterocycles. The van der Waals surface area contributed by atoms with Gasteiger partial charge in [-0.25, -0.2) is 4.98 Å². The molecule has 2 aromatic rings. The molecule has 0 unspecified atom stereocenters. The number of ether oxygens (including phenoxy) is 1. The SMILES string of the molecule is Cc1ccc(OCc2cccc(Cl)c2Cl)c(N)n1. The molecule has 0 aliphatic rings. The monoisotopic (exact) mass is 282 g/mol. The number of aromatic nitrogens is 1. The van der Waals surface area contributed by atoms with Crippen LogP contribution in [0.1, 0.15) is 11.3 Å². The Hall–Kier alpha value is -1.45. The lowest BCUT2D eigenvalue weighted by molar-refractivity contribution is 0.307. The van der Waals surface area contributed by atoms with Crippen molar-refractivity contribution in [2.45, 2.75) is 13.5 Å². The van der Waals surface area contributed by atoms with Gasteiger partial charge in [0.05, 0.1) is 10.0 Å². The molecule has 1 aromatic carbocycles. The van der Waals surface area contributed by atoms with E-state index in [0.29, 0.717) is 28.2 Å². The number of nitrogens with two attached hydrogens (primary N) is 1. The third-order valence-electron chi connectivity index (χ3n) is 2.44. The number of rotatable bonds is 3. The maximum atomic E-state index is 6.07. The van der Waals surface area contributed by atoms with E-state index in [-0.39, 0.29) is 0 Å². The van der Waals surface area contributed by atoms with Gasteiger partial charge in [-0.2, -0.15) is 0 Å². The number of hydrogen-bond acceptors (Lipinski definition) is 3. The Bertz CT molecular complexity index is 573. The minimum absolute atomic E-state index is 0.300. The minimum Gasteiger partial charge on any atom is -0.485 e. The zero-order chi connectivity index (χ0) is 13.1. The van der Waals surface area contributed by atoms with E-state index in [1.165, 1.54) is 0 Å². The first-order valence-corrected chi connectivity index (χ1v) is 6.12. The van der Waals surface area contributed by atoms with Gasteiger partial charge in [0.2, 0.25) is 0 Å². The van der Waals surface area contributed by atoms with Gasteiger partial charge in [0.15, 0.2) is 11.6 Å². The molecule has 0 spiro atoms. The molecule has 0 aliphatic heterocycles. The molecule has 5 heteroatoms. The Kier molecular flexibility index (Phi) is 3.94. The van der Waals surface area contributed by atoms with E-state index in [4.69, 9.17) is 33.7 Å². The van der Waals surface area contributed by atoms with Crippen molar-refractivity contribution in [1.82, 2.24) is 4.98 Å². The van der Waals surface area contributed by atoms with Crippen LogP contribution in [-0.2, 0) is 6.61 Å². The van der Waals surface area contributed by atoms with E-state index in [2.05, 4.69) is 4.98 Å². The van der Waals surface area contributed by atoms with Gasteiger partial charge >= 0.3 is 0 Å². The molecule has 94 valence electrons. The summed E-state index contributed by atoms with van der Waals surface area (Å²) in [6, 6.07) is 9.03. The van der Waals surface area contributed by atoms with Crippen molar-refractivity contribution >= 4 is 29.0 Å². The van der Waals surface area contributed by atoms with Crippen LogP contribution in [0.2, 0.25) is 10.0 Å². The van der Waals surface area contributed by atoms with Crippen LogP contribution >= 0.6 is 23.2 Å². The Morgan fingerprint density at radius 2 is 2.00 bits per heavy atom. The fraction of sp³-hybridized carbons (Fsp3) is 0.154. The molecular weight excluding hydrogens is 271 g/mol. The van der Waals surface area contributed by atoms with Crippen molar-refractivity contribution in [2.75, 3.05) is 5.73 Å². The second-order valence-corrected chi connectivity index (χ2v) is 4.62. The summed E-state index contributed by atoms with van der Waals surface area (Å²) in [5.74, 6) is 0.907. The number of aryl methyl sites for hydroxylation is 1. The molecule has 0 saturated heterocycles. The van der Waals surface area contributed by atoms with Gasteiger partial charge in [0, 0.05) is 11.3 Å². The predicted octanol–water partition coefficient (Wildman–Crippen LogP) is 3.86. The summed E-state index contributed by atoms with van der Waals surface area (Å²) in [4.78, 5) is 4.12. The first-order chi connectivity index (χ1) is 8.58. The van der Waals surface area contributed by atoms with Crippen molar-refractivity contribution in [1.29, 1.82) is 0 Å². The van der Waals surface area contributed by atoms with Crippen molar-refractivity contribution in [3.05, 3.63) is 51.6 Å². The highest BCUT2D eigenvalue weighted by atomic mass is 35.5. The number of benzene rings is 1. The number of hydrogen-bond donors (Lipinski definition) is 1. The molecule has 2 N–H and O–H groups in total. The molecule has 1 aromatic heterocycles. The summed E-state index contributed by atoms with van der Waals surface area (Å²) in [7, 11) is 0. The topological polar surface area (TPSA) is 48.1 Å². The molecule has 3 nitrogen and oxygen atoms in total. The second kappa shape index (κ2) is 5.46. The van der Waals surface area contributed by atoms with E-state index in [1.54, 1.807) is 12.1 Å². The number of pyridine rings is 1. The highest BCUT2D eigenvalue weighted by Gasteiger charge is 2.07. The lowest BCUT2D eigenvalue weighted by atomic mass is 10.2. The summed E-state index contributed by atoms with van der Waals surface area (Å²) in [6.45, 7) is 2.17. The number of anilines is 1. The summed E-state index contributed by atoms with van der Waals surface area (Å²) in [5.41, 5.74) is 7.42. The van der Waals surface area contributed by atoms with Crippen LogP contribution in [-0.4, -0.2) is 4.98 Å². The quantitative estimate of drug-likeness (QED) is 0.930. The number of halogens is 2. The average Bonchev–Trinajstić information content (AvgIpc) is 2.33. The Morgan fingerprint density at radius 1 is 1.22 bits per heavy atom. The molecule has 0 bridgehead atoms. The molecule has 0 aliphatic carbocycles. The number of nitrogen functional groups attached to an aromatic ring is 1. The molecule has 0 fully saturated rings. The Balaban J connectivity index is 2.14.